The molecule has 3 aromatic rings. The van der Waals surface area contributed by atoms with Crippen molar-refractivity contribution in [2.75, 3.05) is 13.1 Å². The van der Waals surface area contributed by atoms with Crippen LogP contribution < -0.4 is 0 Å². The van der Waals surface area contributed by atoms with Crippen molar-refractivity contribution in [2.24, 2.45) is 7.05 Å². The van der Waals surface area contributed by atoms with Crippen LogP contribution in [0.3, 0.4) is 0 Å². The Morgan fingerprint density at radius 2 is 1.79 bits per heavy atom. The third-order valence-electron chi connectivity index (χ3n) is 5.29. The van der Waals surface area contributed by atoms with Crippen molar-refractivity contribution in [3.63, 3.8) is 0 Å². The standard InChI is InChI=1S/C20H22FN3O2S2/c1-14-19(28(25,26)24-10-4-3-5-11-24)12-18(23(14)2)20-22-17(13-27-20)15-6-8-16(21)9-7-15/h6-9,12-13H,3-5,10-11H2,1-2H3. The fourth-order valence-electron chi connectivity index (χ4n) is 3.53. The Bertz CT molecular complexity index is 1100. The molecule has 0 radical (unpaired) electrons. The first-order chi connectivity index (χ1) is 13.4. The molecule has 0 atom stereocenters. The van der Waals surface area contributed by atoms with E-state index in [4.69, 9.17) is 0 Å². The second kappa shape index (κ2) is 7.42. The third kappa shape index (κ3) is 3.40. The lowest BCUT2D eigenvalue weighted by atomic mass is 10.2. The molecule has 0 amide bonds. The minimum absolute atomic E-state index is 0.287. The zero-order valence-corrected chi connectivity index (χ0v) is 17.5. The topological polar surface area (TPSA) is 55.2 Å². The van der Waals surface area contributed by atoms with Gasteiger partial charge in [0.1, 0.15) is 15.7 Å². The van der Waals surface area contributed by atoms with Crippen molar-refractivity contribution in [3.8, 4) is 22.0 Å². The van der Waals surface area contributed by atoms with E-state index in [0.717, 1.165) is 41.2 Å². The van der Waals surface area contributed by atoms with Crippen molar-refractivity contribution in [1.29, 1.82) is 0 Å². The van der Waals surface area contributed by atoms with Gasteiger partial charge < -0.3 is 4.57 Å². The second-order valence-electron chi connectivity index (χ2n) is 7.05. The van der Waals surface area contributed by atoms with Crippen molar-refractivity contribution in [2.45, 2.75) is 31.1 Å². The smallest absolute Gasteiger partial charge is 0.244 e. The highest BCUT2D eigenvalue weighted by Crippen LogP contribution is 2.34. The summed E-state index contributed by atoms with van der Waals surface area (Å²) in [6.45, 7) is 2.99. The molecule has 1 aliphatic heterocycles. The molecule has 5 nitrogen and oxygen atoms in total. The van der Waals surface area contributed by atoms with Crippen LogP contribution in [0.2, 0.25) is 0 Å². The summed E-state index contributed by atoms with van der Waals surface area (Å²) in [4.78, 5) is 5.01. The van der Waals surface area contributed by atoms with E-state index >= 15 is 0 Å². The maximum absolute atomic E-state index is 13.2. The van der Waals surface area contributed by atoms with Crippen LogP contribution in [-0.4, -0.2) is 35.4 Å². The number of rotatable bonds is 4. The number of hydrogen-bond acceptors (Lipinski definition) is 4. The zero-order chi connectivity index (χ0) is 19.9. The Kier molecular flexibility index (Phi) is 5.11. The molecule has 0 aliphatic carbocycles. The molecule has 0 N–H and O–H groups in total. The van der Waals surface area contributed by atoms with Gasteiger partial charge in [0.15, 0.2) is 0 Å². The molecule has 1 saturated heterocycles. The number of halogens is 1. The van der Waals surface area contributed by atoms with E-state index in [2.05, 4.69) is 4.98 Å². The first kappa shape index (κ1) is 19.3. The van der Waals surface area contributed by atoms with Gasteiger partial charge in [-0.2, -0.15) is 4.31 Å². The van der Waals surface area contributed by atoms with E-state index in [9.17, 15) is 12.8 Å². The summed E-state index contributed by atoms with van der Waals surface area (Å²) in [5, 5.41) is 2.65. The van der Waals surface area contributed by atoms with Crippen LogP contribution in [-0.2, 0) is 17.1 Å². The van der Waals surface area contributed by atoms with Crippen LogP contribution >= 0.6 is 11.3 Å². The maximum atomic E-state index is 13.2. The van der Waals surface area contributed by atoms with Gasteiger partial charge in [0.2, 0.25) is 10.0 Å². The molecular weight excluding hydrogens is 397 g/mol. The Morgan fingerprint density at radius 3 is 2.46 bits per heavy atom. The number of nitrogens with zero attached hydrogens (tertiary/aromatic N) is 3. The van der Waals surface area contributed by atoms with E-state index in [0.29, 0.717) is 23.7 Å². The average molecular weight is 420 g/mol. The molecule has 0 unspecified atom stereocenters. The first-order valence-corrected chi connectivity index (χ1v) is 11.6. The van der Waals surface area contributed by atoms with Crippen LogP contribution in [0.4, 0.5) is 4.39 Å². The fourth-order valence-corrected chi connectivity index (χ4v) is 6.19. The van der Waals surface area contributed by atoms with E-state index in [1.807, 2.05) is 23.9 Å². The lowest BCUT2D eigenvalue weighted by Gasteiger charge is -2.25. The lowest BCUT2D eigenvalue weighted by Crippen LogP contribution is -2.35. The van der Waals surface area contributed by atoms with Crippen molar-refractivity contribution in [1.82, 2.24) is 13.9 Å². The average Bonchev–Trinajstić information content (AvgIpc) is 3.29. The Labute approximate surface area is 168 Å². The van der Waals surface area contributed by atoms with Gasteiger partial charge in [0.05, 0.1) is 11.4 Å². The Morgan fingerprint density at radius 1 is 1.11 bits per heavy atom. The van der Waals surface area contributed by atoms with Crippen LogP contribution in [0.25, 0.3) is 22.0 Å². The van der Waals surface area contributed by atoms with E-state index < -0.39 is 10.0 Å². The van der Waals surface area contributed by atoms with E-state index in [-0.39, 0.29) is 5.82 Å². The molecule has 0 spiro atoms. The highest BCUT2D eigenvalue weighted by molar-refractivity contribution is 7.89. The van der Waals surface area contributed by atoms with Crippen LogP contribution in [0, 0.1) is 12.7 Å². The van der Waals surface area contributed by atoms with Gasteiger partial charge in [-0.15, -0.1) is 11.3 Å². The normalized spacial score (nSPS) is 15.8. The number of piperidine rings is 1. The molecule has 148 valence electrons. The fraction of sp³-hybridized carbons (Fsp3) is 0.350. The molecule has 3 heterocycles. The van der Waals surface area contributed by atoms with Gasteiger partial charge in [-0.25, -0.2) is 17.8 Å². The van der Waals surface area contributed by atoms with Crippen LogP contribution in [0.15, 0.2) is 40.6 Å². The summed E-state index contributed by atoms with van der Waals surface area (Å²) in [5.41, 5.74) is 3.06. The number of aromatic nitrogens is 2. The van der Waals surface area contributed by atoms with Gasteiger partial charge in [-0.05, 0) is 50.1 Å². The van der Waals surface area contributed by atoms with Gasteiger partial charge in [0, 0.05) is 36.8 Å². The first-order valence-electron chi connectivity index (χ1n) is 9.26. The van der Waals surface area contributed by atoms with Gasteiger partial charge >= 0.3 is 0 Å². The lowest BCUT2D eigenvalue weighted by molar-refractivity contribution is 0.346. The van der Waals surface area contributed by atoms with Crippen molar-refractivity contribution >= 4 is 21.4 Å². The van der Waals surface area contributed by atoms with Crippen molar-refractivity contribution in [3.05, 3.63) is 47.2 Å². The molecule has 0 bridgehead atoms. The molecule has 1 fully saturated rings. The van der Waals surface area contributed by atoms with E-state index in [1.54, 1.807) is 22.5 Å². The molecule has 0 saturated carbocycles. The Balaban J connectivity index is 1.70. The minimum Gasteiger partial charge on any atom is -0.345 e. The summed E-state index contributed by atoms with van der Waals surface area (Å²) in [6.07, 6.45) is 2.90. The van der Waals surface area contributed by atoms with E-state index in [1.165, 1.54) is 23.5 Å². The largest absolute Gasteiger partial charge is 0.345 e. The van der Waals surface area contributed by atoms with Gasteiger partial charge in [-0.1, -0.05) is 6.42 Å². The SMILES string of the molecule is Cc1c(S(=O)(=O)N2CCCCC2)cc(-c2nc(-c3ccc(F)cc3)cs2)n1C. The predicted molar refractivity (Wildman–Crippen MR) is 109 cm³/mol. The van der Waals surface area contributed by atoms with Gasteiger partial charge in [-0.3, -0.25) is 0 Å². The van der Waals surface area contributed by atoms with Gasteiger partial charge in [0.25, 0.3) is 0 Å². The summed E-state index contributed by atoms with van der Waals surface area (Å²) < 4.78 is 42.9. The maximum Gasteiger partial charge on any atom is 0.244 e. The number of sulfonamides is 1. The predicted octanol–water partition coefficient (Wildman–Crippen LogP) is 4.44. The highest BCUT2D eigenvalue weighted by Gasteiger charge is 2.30. The number of thiazole rings is 1. The minimum atomic E-state index is -3.50. The third-order valence-corrected chi connectivity index (χ3v) is 8.16. The summed E-state index contributed by atoms with van der Waals surface area (Å²) >= 11 is 1.45. The molecule has 4 rings (SSSR count). The van der Waals surface area contributed by atoms with Crippen LogP contribution in [0.5, 0.6) is 0 Å². The molecule has 2 aromatic heterocycles. The molecule has 8 heteroatoms. The second-order valence-corrected chi connectivity index (χ2v) is 9.81. The number of benzene rings is 1. The summed E-state index contributed by atoms with van der Waals surface area (Å²) in [6, 6.07) is 7.93. The Hall–Kier alpha value is -2.03. The quantitative estimate of drug-likeness (QED) is 0.628. The number of hydrogen-bond donors (Lipinski definition) is 0. The van der Waals surface area contributed by atoms with Crippen LogP contribution in [0.1, 0.15) is 25.0 Å². The summed E-state index contributed by atoms with van der Waals surface area (Å²) in [5.74, 6) is -0.287. The molecule has 1 aromatic carbocycles. The molecular formula is C20H22FN3O2S2. The zero-order valence-electron chi connectivity index (χ0n) is 15.9. The molecule has 28 heavy (non-hydrogen) atoms. The van der Waals surface area contributed by atoms with Crippen molar-refractivity contribution < 1.29 is 12.8 Å². The monoisotopic (exact) mass is 419 g/mol. The highest BCUT2D eigenvalue weighted by atomic mass is 32.2. The molecule has 1 aliphatic rings. The summed E-state index contributed by atoms with van der Waals surface area (Å²) in [7, 11) is -1.64.